The van der Waals surface area contributed by atoms with Crippen molar-refractivity contribution >= 4 is 34.9 Å². The number of aliphatic carboxylic acids is 2. The van der Waals surface area contributed by atoms with E-state index in [0.29, 0.717) is 16.1 Å². The molecule has 150 valence electrons. The molecule has 0 unspecified atom stereocenters. The Morgan fingerprint density at radius 1 is 1.04 bits per heavy atom. The molecule has 0 spiro atoms. The molecular formula is C20H23NO6S. The summed E-state index contributed by atoms with van der Waals surface area (Å²) in [7, 11) is 0. The maximum absolute atomic E-state index is 12.1. The number of carboxylic acid groups (broad SMARTS) is 2. The van der Waals surface area contributed by atoms with Gasteiger partial charge in [-0.2, -0.15) is 0 Å². The maximum Gasteiger partial charge on any atom is 0.323 e. The van der Waals surface area contributed by atoms with Crippen LogP contribution in [0.4, 0.5) is 5.69 Å². The van der Waals surface area contributed by atoms with Crippen LogP contribution in [0.15, 0.2) is 41.8 Å². The lowest BCUT2D eigenvalue weighted by Gasteiger charge is -2.29. The highest BCUT2D eigenvalue weighted by Crippen LogP contribution is 2.28. The number of thiophene rings is 1. The molecule has 2 rings (SSSR count). The van der Waals surface area contributed by atoms with Gasteiger partial charge in [0.15, 0.2) is 5.41 Å². The number of carbonyl (C=O) groups is 3. The summed E-state index contributed by atoms with van der Waals surface area (Å²) in [5.74, 6) is -3.16. The van der Waals surface area contributed by atoms with Gasteiger partial charge in [-0.25, -0.2) is 0 Å². The van der Waals surface area contributed by atoms with Gasteiger partial charge in [-0.05, 0) is 49.9 Å². The number of amides is 1. The molecule has 3 N–H and O–H groups in total. The highest BCUT2D eigenvalue weighted by atomic mass is 32.1. The van der Waals surface area contributed by atoms with Gasteiger partial charge in [-0.15, -0.1) is 11.3 Å². The third kappa shape index (κ3) is 5.40. The Balaban J connectivity index is 2.16. The van der Waals surface area contributed by atoms with Crippen LogP contribution in [0.1, 0.15) is 36.0 Å². The smallest absolute Gasteiger partial charge is 0.323 e. The van der Waals surface area contributed by atoms with Crippen LogP contribution < -0.4 is 5.32 Å². The molecule has 0 saturated heterocycles. The number of hydrogen-bond acceptors (Lipinski definition) is 5. The zero-order valence-corrected chi connectivity index (χ0v) is 16.7. The first-order valence-electron chi connectivity index (χ1n) is 8.58. The number of benzene rings is 1. The fraction of sp³-hybridized carbons (Fsp3) is 0.350. The summed E-state index contributed by atoms with van der Waals surface area (Å²) < 4.78 is 5.49. The molecule has 0 bridgehead atoms. The zero-order valence-electron chi connectivity index (χ0n) is 15.9. The van der Waals surface area contributed by atoms with Crippen molar-refractivity contribution < 1.29 is 29.3 Å². The summed E-state index contributed by atoms with van der Waals surface area (Å²) in [6.07, 6.45) is -0.243. The molecule has 2 aromatic rings. The molecule has 1 aromatic heterocycles. The van der Waals surface area contributed by atoms with E-state index in [-0.39, 0.29) is 12.3 Å². The molecule has 7 nitrogen and oxygen atoms in total. The minimum Gasteiger partial charge on any atom is -0.480 e. The second-order valence-electron chi connectivity index (χ2n) is 7.40. The van der Waals surface area contributed by atoms with Gasteiger partial charge in [0.25, 0.3) is 5.91 Å². The molecule has 0 aliphatic heterocycles. The minimum atomic E-state index is -2.10. The molecule has 1 amide bonds. The lowest BCUT2D eigenvalue weighted by atomic mass is 9.82. The average Bonchev–Trinajstić information content (AvgIpc) is 3.13. The van der Waals surface area contributed by atoms with Gasteiger partial charge in [-0.3, -0.25) is 14.4 Å². The van der Waals surface area contributed by atoms with E-state index < -0.39 is 29.6 Å². The first-order chi connectivity index (χ1) is 13.0. The molecule has 0 fully saturated rings. The number of carboxylic acids is 2. The fourth-order valence-electron chi connectivity index (χ4n) is 2.41. The van der Waals surface area contributed by atoms with Crippen molar-refractivity contribution in [2.45, 2.75) is 32.8 Å². The van der Waals surface area contributed by atoms with E-state index in [1.807, 2.05) is 0 Å². The van der Waals surface area contributed by atoms with E-state index in [4.69, 9.17) is 4.74 Å². The van der Waals surface area contributed by atoms with Crippen molar-refractivity contribution in [2.75, 3.05) is 11.9 Å². The van der Waals surface area contributed by atoms with Gasteiger partial charge in [0.2, 0.25) is 0 Å². The topological polar surface area (TPSA) is 113 Å². The second kappa shape index (κ2) is 8.53. The largest absolute Gasteiger partial charge is 0.480 e. The normalized spacial score (nSPS) is 11.8. The van der Waals surface area contributed by atoms with Gasteiger partial charge < -0.3 is 20.3 Å². The van der Waals surface area contributed by atoms with Crippen molar-refractivity contribution in [3.05, 3.63) is 52.2 Å². The summed E-state index contributed by atoms with van der Waals surface area (Å²) >= 11 is 1.32. The maximum atomic E-state index is 12.1. The van der Waals surface area contributed by atoms with Crippen LogP contribution in [0.2, 0.25) is 0 Å². The second-order valence-corrected chi connectivity index (χ2v) is 8.35. The summed E-state index contributed by atoms with van der Waals surface area (Å²) in [6.45, 7) is 4.73. The van der Waals surface area contributed by atoms with Crippen molar-refractivity contribution in [2.24, 2.45) is 5.41 Å². The molecule has 8 heteroatoms. The predicted molar refractivity (Wildman–Crippen MR) is 106 cm³/mol. The Morgan fingerprint density at radius 3 is 2.11 bits per heavy atom. The fourth-order valence-corrected chi connectivity index (χ4v) is 3.03. The van der Waals surface area contributed by atoms with E-state index in [9.17, 15) is 24.6 Å². The summed E-state index contributed by atoms with van der Waals surface area (Å²) in [4.78, 5) is 36.3. The molecule has 0 radical (unpaired) electrons. The van der Waals surface area contributed by atoms with Crippen molar-refractivity contribution in [1.82, 2.24) is 0 Å². The number of nitrogens with one attached hydrogen (secondary N) is 1. The molecule has 28 heavy (non-hydrogen) atoms. The SMILES string of the molecule is CC(C)(C)OCC(Cc1ccc(NC(=O)c2cccs2)cc1)(C(=O)O)C(=O)O. The van der Waals surface area contributed by atoms with Gasteiger partial charge in [0, 0.05) is 12.1 Å². The molecule has 0 saturated carbocycles. The highest BCUT2D eigenvalue weighted by molar-refractivity contribution is 7.12. The van der Waals surface area contributed by atoms with E-state index >= 15 is 0 Å². The van der Waals surface area contributed by atoms with Crippen LogP contribution in [0.25, 0.3) is 0 Å². The van der Waals surface area contributed by atoms with Crippen LogP contribution in [0.3, 0.4) is 0 Å². The van der Waals surface area contributed by atoms with E-state index in [0.717, 1.165) is 0 Å². The number of ether oxygens (including phenoxy) is 1. The number of rotatable bonds is 8. The van der Waals surface area contributed by atoms with Crippen LogP contribution >= 0.6 is 11.3 Å². The monoisotopic (exact) mass is 405 g/mol. The summed E-state index contributed by atoms with van der Waals surface area (Å²) in [5, 5.41) is 23.8. The first kappa shape index (κ1) is 21.6. The van der Waals surface area contributed by atoms with E-state index in [2.05, 4.69) is 5.32 Å². The third-order valence-electron chi connectivity index (χ3n) is 4.03. The Kier molecular flexibility index (Phi) is 6.58. The van der Waals surface area contributed by atoms with E-state index in [1.165, 1.54) is 11.3 Å². The molecule has 1 aromatic carbocycles. The van der Waals surface area contributed by atoms with Crippen molar-refractivity contribution in [3.8, 4) is 0 Å². The zero-order chi connectivity index (χ0) is 20.9. The summed E-state index contributed by atoms with van der Waals surface area (Å²) in [6, 6.07) is 9.90. The summed E-state index contributed by atoms with van der Waals surface area (Å²) in [5.41, 5.74) is -1.73. The van der Waals surface area contributed by atoms with Crippen LogP contribution in [-0.4, -0.2) is 40.3 Å². The van der Waals surface area contributed by atoms with Gasteiger partial charge >= 0.3 is 11.9 Å². The minimum absolute atomic E-state index is 0.243. The lowest BCUT2D eigenvalue weighted by Crippen LogP contribution is -2.47. The Hall–Kier alpha value is -2.71. The highest BCUT2D eigenvalue weighted by Gasteiger charge is 2.48. The van der Waals surface area contributed by atoms with Gasteiger partial charge in [0.05, 0.1) is 17.1 Å². The standard InChI is InChI=1S/C20H23NO6S/c1-19(2,3)27-12-20(17(23)24,18(25)26)11-13-6-8-14(9-7-13)21-16(22)15-5-4-10-28-15/h4-10H,11-12H2,1-3H3,(H,21,22)(H,23,24)(H,25,26). The Bertz CT molecular complexity index is 823. The number of hydrogen-bond donors (Lipinski definition) is 3. The van der Waals surface area contributed by atoms with Gasteiger partial charge in [-0.1, -0.05) is 18.2 Å². The Morgan fingerprint density at radius 2 is 1.64 bits per heavy atom. The van der Waals surface area contributed by atoms with E-state index in [1.54, 1.807) is 62.5 Å². The Labute approximate surface area is 167 Å². The van der Waals surface area contributed by atoms with Crippen molar-refractivity contribution in [1.29, 1.82) is 0 Å². The third-order valence-corrected chi connectivity index (χ3v) is 4.90. The molecule has 0 aliphatic carbocycles. The molecule has 0 atom stereocenters. The van der Waals surface area contributed by atoms with Gasteiger partial charge in [0.1, 0.15) is 0 Å². The van der Waals surface area contributed by atoms with Crippen LogP contribution in [0.5, 0.6) is 0 Å². The molecule has 0 aliphatic rings. The van der Waals surface area contributed by atoms with Crippen LogP contribution in [0, 0.1) is 5.41 Å². The molecule has 1 heterocycles. The number of anilines is 1. The van der Waals surface area contributed by atoms with Crippen LogP contribution in [-0.2, 0) is 20.7 Å². The predicted octanol–water partition coefficient (Wildman–Crippen LogP) is 3.51. The number of carbonyl (C=O) groups excluding carboxylic acids is 1. The molecular weight excluding hydrogens is 382 g/mol. The van der Waals surface area contributed by atoms with Crippen molar-refractivity contribution in [3.63, 3.8) is 0 Å². The lowest BCUT2D eigenvalue weighted by molar-refractivity contribution is -0.173. The average molecular weight is 405 g/mol. The quantitative estimate of drug-likeness (QED) is 0.579. The first-order valence-corrected chi connectivity index (χ1v) is 9.46.